The number of benzene rings is 1. The molecule has 1 aromatic rings. The average molecular weight is 293 g/mol. The molecule has 1 fully saturated rings. The molecule has 0 aliphatic carbocycles. The minimum atomic E-state index is -0.332. The molecule has 0 N–H and O–H groups in total. The van der Waals surface area contributed by atoms with Crippen molar-refractivity contribution in [2.45, 2.75) is 45.8 Å². The Labute approximate surface area is 126 Å². The number of rotatable bonds is 5. The molecule has 21 heavy (non-hydrogen) atoms. The fraction of sp³-hybridized carbons (Fsp3) is 0.588. The molecule has 4 heteroatoms. The van der Waals surface area contributed by atoms with Gasteiger partial charge in [-0.05, 0) is 29.2 Å². The molecule has 0 bridgehead atoms. The Morgan fingerprint density at radius 1 is 1.43 bits per heavy atom. The fourth-order valence-electron chi connectivity index (χ4n) is 2.63. The summed E-state index contributed by atoms with van der Waals surface area (Å²) in [7, 11) is 0. The predicted octanol–water partition coefficient (Wildman–Crippen LogP) is 3.13. The van der Waals surface area contributed by atoms with Gasteiger partial charge in [-0.1, -0.05) is 26.8 Å². The van der Waals surface area contributed by atoms with Crippen molar-refractivity contribution < 1.29 is 13.9 Å². The smallest absolute Gasteiger partial charge is 0.162 e. The van der Waals surface area contributed by atoms with Crippen LogP contribution in [0, 0.1) is 5.82 Å². The van der Waals surface area contributed by atoms with E-state index in [1.165, 1.54) is 0 Å². The third kappa shape index (κ3) is 4.35. The first-order chi connectivity index (χ1) is 9.99. The van der Waals surface area contributed by atoms with E-state index >= 15 is 0 Å². The Bertz CT molecular complexity index is 502. The largest absolute Gasteiger partial charge is 0.368 e. The van der Waals surface area contributed by atoms with Gasteiger partial charge in [0.15, 0.2) is 5.78 Å². The lowest BCUT2D eigenvalue weighted by Crippen LogP contribution is -2.45. The van der Waals surface area contributed by atoms with Crippen molar-refractivity contribution in [3.8, 4) is 0 Å². The molecular formula is C17H24FNO2. The molecule has 1 saturated heterocycles. The van der Waals surface area contributed by atoms with Gasteiger partial charge in [-0.25, -0.2) is 4.39 Å². The van der Waals surface area contributed by atoms with Crippen LogP contribution in [0.2, 0.25) is 0 Å². The summed E-state index contributed by atoms with van der Waals surface area (Å²) in [6.07, 6.45) is 0.164. The first-order valence-corrected chi connectivity index (χ1v) is 7.65. The van der Waals surface area contributed by atoms with Gasteiger partial charge in [0.1, 0.15) is 11.9 Å². The molecule has 3 nitrogen and oxygen atoms in total. The molecule has 1 atom stereocenters. The Hall–Kier alpha value is -1.26. The first kappa shape index (κ1) is 16.1. The minimum absolute atomic E-state index is 0.141. The van der Waals surface area contributed by atoms with E-state index in [4.69, 9.17) is 4.74 Å². The summed E-state index contributed by atoms with van der Waals surface area (Å²) in [5.74, 6) is 0.256. The van der Waals surface area contributed by atoms with E-state index in [0.717, 1.165) is 17.7 Å². The van der Waals surface area contributed by atoms with Crippen molar-refractivity contribution in [1.82, 2.24) is 4.90 Å². The Morgan fingerprint density at radius 3 is 2.86 bits per heavy atom. The minimum Gasteiger partial charge on any atom is -0.368 e. The maximum atomic E-state index is 13.7. The SMILES string of the molecule is CCC(=O)C1CN(Cc2cc(F)cc(C(C)C)c2)CCO1. The van der Waals surface area contributed by atoms with E-state index in [-0.39, 0.29) is 17.7 Å². The first-order valence-electron chi connectivity index (χ1n) is 7.65. The average Bonchev–Trinajstić information content (AvgIpc) is 2.46. The molecule has 0 saturated carbocycles. The highest BCUT2D eigenvalue weighted by Crippen LogP contribution is 2.20. The van der Waals surface area contributed by atoms with Crippen LogP contribution in [0.15, 0.2) is 18.2 Å². The summed E-state index contributed by atoms with van der Waals surface area (Å²) in [6.45, 7) is 8.57. The lowest BCUT2D eigenvalue weighted by molar-refractivity contribution is -0.136. The van der Waals surface area contributed by atoms with Crippen LogP contribution in [0.5, 0.6) is 0 Å². The topological polar surface area (TPSA) is 29.5 Å². The molecule has 1 unspecified atom stereocenters. The molecule has 1 aromatic carbocycles. The zero-order valence-corrected chi connectivity index (χ0v) is 13.1. The summed E-state index contributed by atoms with van der Waals surface area (Å²) >= 11 is 0. The summed E-state index contributed by atoms with van der Waals surface area (Å²) in [4.78, 5) is 13.9. The Kier molecular flexibility index (Phi) is 5.48. The number of nitrogens with zero attached hydrogens (tertiary/aromatic N) is 1. The number of carbonyl (C=O) groups excluding carboxylic acids is 1. The van der Waals surface area contributed by atoms with Gasteiger partial charge in [-0.2, -0.15) is 0 Å². The summed E-state index contributed by atoms with van der Waals surface area (Å²) < 4.78 is 19.2. The second-order valence-electron chi connectivity index (χ2n) is 5.96. The number of ketones is 1. The second kappa shape index (κ2) is 7.14. The van der Waals surface area contributed by atoms with Crippen LogP contribution in [0.25, 0.3) is 0 Å². The normalized spacial score (nSPS) is 20.0. The molecule has 0 amide bonds. The maximum Gasteiger partial charge on any atom is 0.162 e. The third-order valence-electron chi connectivity index (χ3n) is 3.91. The van der Waals surface area contributed by atoms with Crippen molar-refractivity contribution in [3.05, 3.63) is 35.1 Å². The van der Waals surface area contributed by atoms with Crippen LogP contribution in [-0.4, -0.2) is 36.5 Å². The molecular weight excluding hydrogens is 269 g/mol. The van der Waals surface area contributed by atoms with Crippen LogP contribution in [0.3, 0.4) is 0 Å². The van der Waals surface area contributed by atoms with E-state index in [1.54, 1.807) is 12.1 Å². The van der Waals surface area contributed by atoms with E-state index in [0.29, 0.717) is 32.0 Å². The predicted molar refractivity (Wildman–Crippen MR) is 80.8 cm³/mol. The molecule has 0 spiro atoms. The lowest BCUT2D eigenvalue weighted by atomic mass is 10.00. The van der Waals surface area contributed by atoms with Crippen molar-refractivity contribution in [1.29, 1.82) is 0 Å². The summed E-state index contributed by atoms with van der Waals surface area (Å²) in [5, 5.41) is 0. The zero-order chi connectivity index (χ0) is 15.4. The summed E-state index contributed by atoms with van der Waals surface area (Å²) in [6, 6.07) is 5.23. The molecule has 2 rings (SSSR count). The molecule has 1 aliphatic heterocycles. The van der Waals surface area contributed by atoms with Gasteiger partial charge in [0, 0.05) is 26.1 Å². The number of ether oxygens (including phenoxy) is 1. The van der Waals surface area contributed by atoms with E-state index < -0.39 is 0 Å². The highest BCUT2D eigenvalue weighted by atomic mass is 19.1. The molecule has 1 aliphatic rings. The quantitative estimate of drug-likeness (QED) is 0.835. The van der Waals surface area contributed by atoms with Gasteiger partial charge in [0.25, 0.3) is 0 Å². The van der Waals surface area contributed by atoms with Crippen molar-refractivity contribution in [2.24, 2.45) is 0 Å². The number of hydrogen-bond acceptors (Lipinski definition) is 3. The van der Waals surface area contributed by atoms with Gasteiger partial charge in [-0.3, -0.25) is 9.69 Å². The van der Waals surface area contributed by atoms with Crippen LogP contribution in [-0.2, 0) is 16.1 Å². The number of hydrogen-bond donors (Lipinski definition) is 0. The fourth-order valence-corrected chi connectivity index (χ4v) is 2.63. The Balaban J connectivity index is 2.05. The number of halogens is 1. The molecule has 0 radical (unpaired) electrons. The lowest BCUT2D eigenvalue weighted by Gasteiger charge is -2.32. The van der Waals surface area contributed by atoms with Crippen LogP contribution in [0.4, 0.5) is 4.39 Å². The van der Waals surface area contributed by atoms with E-state index in [9.17, 15) is 9.18 Å². The maximum absolute atomic E-state index is 13.7. The van der Waals surface area contributed by atoms with Crippen LogP contribution in [0.1, 0.15) is 44.2 Å². The summed E-state index contributed by atoms with van der Waals surface area (Å²) in [5.41, 5.74) is 1.97. The van der Waals surface area contributed by atoms with Crippen LogP contribution < -0.4 is 0 Å². The number of morpholine rings is 1. The molecule has 1 heterocycles. The molecule has 116 valence electrons. The number of Topliss-reactive ketones (excluding diaryl/α,β-unsaturated/α-hetero) is 1. The second-order valence-corrected chi connectivity index (χ2v) is 5.96. The van der Waals surface area contributed by atoms with Gasteiger partial charge in [0.2, 0.25) is 0 Å². The zero-order valence-electron chi connectivity index (χ0n) is 13.1. The highest BCUT2D eigenvalue weighted by Gasteiger charge is 2.25. The van der Waals surface area contributed by atoms with Crippen LogP contribution >= 0.6 is 0 Å². The van der Waals surface area contributed by atoms with E-state index in [1.807, 2.05) is 6.92 Å². The van der Waals surface area contributed by atoms with Gasteiger partial charge in [-0.15, -0.1) is 0 Å². The van der Waals surface area contributed by atoms with Gasteiger partial charge >= 0.3 is 0 Å². The highest BCUT2D eigenvalue weighted by molar-refractivity contribution is 5.83. The van der Waals surface area contributed by atoms with Gasteiger partial charge in [0.05, 0.1) is 6.61 Å². The van der Waals surface area contributed by atoms with E-state index in [2.05, 4.69) is 24.8 Å². The van der Waals surface area contributed by atoms with Crippen molar-refractivity contribution >= 4 is 5.78 Å². The van der Waals surface area contributed by atoms with Crippen molar-refractivity contribution in [2.75, 3.05) is 19.7 Å². The number of carbonyl (C=O) groups is 1. The van der Waals surface area contributed by atoms with Crippen molar-refractivity contribution in [3.63, 3.8) is 0 Å². The molecule has 0 aromatic heterocycles. The van der Waals surface area contributed by atoms with Gasteiger partial charge < -0.3 is 4.74 Å². The monoisotopic (exact) mass is 293 g/mol. The third-order valence-corrected chi connectivity index (χ3v) is 3.91. The standard InChI is InChI=1S/C17H24FNO2/c1-4-16(20)17-11-19(5-6-21-17)10-13-7-14(12(2)3)9-15(18)8-13/h7-9,12,17H,4-6,10-11H2,1-3H3. The Morgan fingerprint density at radius 2 is 2.19 bits per heavy atom.